The number of terminal acetylenes is 1. The molecule has 0 amide bonds. The van der Waals surface area contributed by atoms with Crippen molar-refractivity contribution >= 4 is 0 Å². The quantitative estimate of drug-likeness (QED) is 0.566. The molecule has 0 aliphatic carbocycles. The van der Waals surface area contributed by atoms with Crippen LogP contribution in [0.4, 0.5) is 0 Å². The summed E-state index contributed by atoms with van der Waals surface area (Å²) < 4.78 is 4.66. The first kappa shape index (κ1) is 7.87. The Morgan fingerprint density at radius 3 is 2.64 bits per heavy atom. The van der Waals surface area contributed by atoms with Crippen LogP contribution in [-0.4, -0.2) is 5.16 Å². The largest absolute Gasteiger partial charge is 0.352 e. The van der Waals surface area contributed by atoms with Crippen LogP contribution < -0.4 is 0 Å². The molecule has 0 atom stereocenters. The lowest BCUT2D eigenvalue weighted by molar-refractivity contribution is 0.406. The first-order valence-corrected chi connectivity index (χ1v) is 3.40. The Morgan fingerprint density at radius 1 is 1.64 bits per heavy atom. The van der Waals surface area contributed by atoms with Gasteiger partial charge in [0.1, 0.15) is 0 Å². The normalized spacial score (nSPS) is 11.1. The standard InChI is InChI=1S/C9H10NO/c1-5-9(3,4)8-6-11-10-7(8)2/h1H,2-4H3. The lowest BCUT2D eigenvalue weighted by Crippen LogP contribution is -2.14. The Bertz CT molecular complexity index is 291. The Morgan fingerprint density at radius 2 is 2.27 bits per heavy atom. The first-order valence-electron chi connectivity index (χ1n) is 3.40. The summed E-state index contributed by atoms with van der Waals surface area (Å²) in [5.41, 5.74) is 1.34. The van der Waals surface area contributed by atoms with Gasteiger partial charge in [0.15, 0.2) is 0 Å². The van der Waals surface area contributed by atoms with Gasteiger partial charge in [-0.05, 0) is 20.8 Å². The van der Waals surface area contributed by atoms with Gasteiger partial charge in [0.05, 0.1) is 11.1 Å². The first-order chi connectivity index (χ1) is 5.08. The minimum absolute atomic E-state index is 0.329. The molecule has 0 bridgehead atoms. The number of rotatable bonds is 1. The van der Waals surface area contributed by atoms with E-state index < -0.39 is 0 Å². The van der Waals surface area contributed by atoms with Gasteiger partial charge in [-0.1, -0.05) is 11.1 Å². The highest BCUT2D eigenvalue weighted by atomic mass is 16.5. The molecule has 0 unspecified atom stereocenters. The van der Waals surface area contributed by atoms with E-state index in [9.17, 15) is 0 Å². The number of hydrogen-bond donors (Lipinski definition) is 0. The minimum atomic E-state index is -0.329. The van der Waals surface area contributed by atoms with E-state index in [0.29, 0.717) is 0 Å². The predicted molar refractivity (Wildman–Crippen MR) is 41.9 cm³/mol. The van der Waals surface area contributed by atoms with Crippen LogP contribution in [0.15, 0.2) is 4.52 Å². The van der Waals surface area contributed by atoms with E-state index >= 15 is 0 Å². The summed E-state index contributed by atoms with van der Waals surface area (Å²) >= 11 is 0. The maximum atomic E-state index is 5.33. The highest BCUT2D eigenvalue weighted by molar-refractivity contribution is 5.31. The van der Waals surface area contributed by atoms with Crippen molar-refractivity contribution in [1.82, 2.24) is 5.16 Å². The molecule has 1 heterocycles. The van der Waals surface area contributed by atoms with Gasteiger partial charge >= 0.3 is 0 Å². The molecule has 2 nitrogen and oxygen atoms in total. The van der Waals surface area contributed by atoms with Gasteiger partial charge < -0.3 is 4.52 Å². The van der Waals surface area contributed by atoms with Gasteiger partial charge in [0, 0.05) is 5.56 Å². The van der Waals surface area contributed by atoms with E-state index in [4.69, 9.17) is 6.42 Å². The molecule has 0 spiro atoms. The second-order valence-electron chi connectivity index (χ2n) is 3.01. The third-order valence-electron chi connectivity index (χ3n) is 1.68. The molecule has 1 rings (SSSR count). The molecule has 57 valence electrons. The lowest BCUT2D eigenvalue weighted by Gasteiger charge is -2.14. The maximum Gasteiger partial charge on any atom is 0.210 e. The average molecular weight is 148 g/mol. The molecule has 0 N–H and O–H groups in total. The van der Waals surface area contributed by atoms with Crippen molar-refractivity contribution in [2.75, 3.05) is 0 Å². The zero-order chi connectivity index (χ0) is 8.48. The third-order valence-corrected chi connectivity index (χ3v) is 1.68. The van der Waals surface area contributed by atoms with E-state index in [1.807, 2.05) is 20.8 Å². The molecular formula is C9H10NO. The van der Waals surface area contributed by atoms with E-state index in [1.165, 1.54) is 0 Å². The van der Waals surface area contributed by atoms with Crippen LogP contribution >= 0.6 is 0 Å². The molecule has 0 saturated carbocycles. The zero-order valence-electron chi connectivity index (χ0n) is 6.93. The summed E-state index contributed by atoms with van der Waals surface area (Å²) in [5.74, 6) is 2.65. The van der Waals surface area contributed by atoms with E-state index in [2.05, 4.69) is 21.9 Å². The zero-order valence-corrected chi connectivity index (χ0v) is 6.93. The third kappa shape index (κ3) is 1.27. The van der Waals surface area contributed by atoms with Gasteiger partial charge in [-0.2, -0.15) is 0 Å². The van der Waals surface area contributed by atoms with Crippen molar-refractivity contribution in [1.29, 1.82) is 0 Å². The average Bonchev–Trinajstić information content (AvgIpc) is 2.36. The molecule has 0 saturated heterocycles. The van der Waals surface area contributed by atoms with E-state index in [1.54, 1.807) is 0 Å². The summed E-state index contributed by atoms with van der Waals surface area (Å²) in [6.45, 7) is 5.72. The van der Waals surface area contributed by atoms with Crippen LogP contribution in [0.2, 0.25) is 0 Å². The molecule has 0 aliphatic rings. The highest BCUT2D eigenvalue weighted by Gasteiger charge is 2.22. The molecule has 2 heteroatoms. The van der Waals surface area contributed by atoms with Gasteiger partial charge in [0.2, 0.25) is 6.26 Å². The number of aromatic nitrogens is 1. The summed E-state index contributed by atoms with van der Waals surface area (Å²) in [6.07, 6.45) is 7.99. The summed E-state index contributed by atoms with van der Waals surface area (Å²) in [5, 5.41) is 3.70. The van der Waals surface area contributed by atoms with Crippen molar-refractivity contribution in [3.05, 3.63) is 17.5 Å². The van der Waals surface area contributed by atoms with Gasteiger partial charge in [-0.15, -0.1) is 6.42 Å². The fraction of sp³-hybridized carbons (Fsp3) is 0.444. The van der Waals surface area contributed by atoms with Crippen LogP contribution in [0.25, 0.3) is 0 Å². The molecule has 0 aliphatic heterocycles. The smallest absolute Gasteiger partial charge is 0.210 e. The summed E-state index contributed by atoms with van der Waals surface area (Å²) in [7, 11) is 0. The van der Waals surface area contributed by atoms with Crippen molar-refractivity contribution in [3.8, 4) is 12.3 Å². The minimum Gasteiger partial charge on any atom is -0.352 e. The van der Waals surface area contributed by atoms with E-state index in [-0.39, 0.29) is 5.41 Å². The SMILES string of the molecule is C#CC(C)(C)c1[c]onc1C. The second kappa shape index (κ2) is 2.43. The predicted octanol–water partition coefficient (Wildman–Crippen LogP) is 1.69. The Balaban J connectivity index is 3.13. The molecule has 0 aromatic carbocycles. The number of hydrogen-bond acceptors (Lipinski definition) is 2. The van der Waals surface area contributed by atoms with Crippen LogP contribution in [-0.2, 0) is 5.41 Å². The van der Waals surface area contributed by atoms with Crippen molar-refractivity contribution in [2.24, 2.45) is 0 Å². The molecule has 11 heavy (non-hydrogen) atoms. The molecular weight excluding hydrogens is 138 g/mol. The van der Waals surface area contributed by atoms with Crippen molar-refractivity contribution in [2.45, 2.75) is 26.2 Å². The van der Waals surface area contributed by atoms with Crippen LogP contribution in [0.5, 0.6) is 0 Å². The van der Waals surface area contributed by atoms with Crippen LogP contribution in [0.1, 0.15) is 25.1 Å². The van der Waals surface area contributed by atoms with Gasteiger partial charge in [-0.25, -0.2) is 0 Å². The number of aryl methyl sites for hydroxylation is 1. The fourth-order valence-corrected chi connectivity index (χ4v) is 0.908. The molecule has 0 fully saturated rings. The topological polar surface area (TPSA) is 26.0 Å². The Kier molecular flexibility index (Phi) is 1.74. The summed E-state index contributed by atoms with van der Waals surface area (Å²) in [4.78, 5) is 0. The number of nitrogens with zero attached hydrogens (tertiary/aromatic N) is 1. The van der Waals surface area contributed by atoms with Crippen molar-refractivity contribution < 1.29 is 4.52 Å². The van der Waals surface area contributed by atoms with Crippen LogP contribution in [0, 0.1) is 25.5 Å². The molecule has 1 radical (unpaired) electrons. The monoisotopic (exact) mass is 148 g/mol. The molecule has 1 aromatic rings. The van der Waals surface area contributed by atoms with E-state index in [0.717, 1.165) is 11.3 Å². The van der Waals surface area contributed by atoms with Gasteiger partial charge in [-0.3, -0.25) is 0 Å². The second-order valence-corrected chi connectivity index (χ2v) is 3.01. The van der Waals surface area contributed by atoms with Crippen molar-refractivity contribution in [3.63, 3.8) is 0 Å². The van der Waals surface area contributed by atoms with Gasteiger partial charge in [0.25, 0.3) is 0 Å². The maximum absolute atomic E-state index is 5.33. The Labute approximate surface area is 66.6 Å². The lowest BCUT2D eigenvalue weighted by atomic mass is 9.86. The van der Waals surface area contributed by atoms with Crippen LogP contribution in [0.3, 0.4) is 0 Å². The fourth-order valence-electron chi connectivity index (χ4n) is 0.908. The molecule has 1 aromatic heterocycles. The summed E-state index contributed by atoms with van der Waals surface area (Å²) in [6, 6.07) is 0. The highest BCUT2D eigenvalue weighted by Crippen LogP contribution is 2.23. The Hall–Kier alpha value is -1.23.